The molecule has 0 fully saturated rings. The molecule has 2 aliphatic rings. The van der Waals surface area contributed by atoms with Crippen molar-refractivity contribution in [3.63, 3.8) is 0 Å². The molecule has 90 valence electrons. The first-order valence-electron chi connectivity index (χ1n) is 4.96. The average molecular weight is 254 g/mol. The van der Waals surface area contributed by atoms with Crippen LogP contribution in [0.2, 0.25) is 0 Å². The van der Waals surface area contributed by atoms with E-state index in [9.17, 15) is 0 Å². The molecule has 0 spiro atoms. The molecule has 0 saturated carbocycles. The molecular weight excluding hydrogens is 228 g/mol. The second-order valence-corrected chi connectivity index (χ2v) is 4.06. The Bertz CT molecular complexity index is 271. The zero-order valence-corrected chi connectivity index (χ0v) is 13.3. The minimum atomic E-state index is 0. The van der Waals surface area contributed by atoms with E-state index in [2.05, 4.69) is 27.2 Å². The van der Waals surface area contributed by atoms with Crippen LogP contribution in [0.15, 0.2) is 22.3 Å². The molecule has 0 aromatic carbocycles. The van der Waals surface area contributed by atoms with Crippen LogP contribution in [0.5, 0.6) is 0 Å². The molecule has 16 heavy (non-hydrogen) atoms. The molecule has 2 aliphatic carbocycles. The van der Waals surface area contributed by atoms with Gasteiger partial charge in [0.2, 0.25) is 0 Å². The van der Waals surface area contributed by atoms with Crippen molar-refractivity contribution < 1.29 is 21.7 Å². The van der Waals surface area contributed by atoms with Crippen LogP contribution in [0, 0.1) is 34.6 Å². The van der Waals surface area contributed by atoms with Gasteiger partial charge in [0.05, 0.1) is 0 Å². The molecule has 1 atom stereocenters. The normalized spacial score (nSPS) is 21.8. The standard InChI is InChI=1S/C12H17.3CH3.Ti/c1-8-9(2)11-6-4-5-7-12(11)10(8)3;;;;/h6,10H,4-5,7H2,1-3H3;3*1H3;/q4*-1;+4. The number of hydrogen-bond donors (Lipinski definition) is 0. The van der Waals surface area contributed by atoms with E-state index in [1.165, 1.54) is 19.3 Å². The maximum atomic E-state index is 2.43. The molecular formula is C15H26Ti. The van der Waals surface area contributed by atoms with Crippen LogP contribution in [0.25, 0.3) is 0 Å². The quantitative estimate of drug-likeness (QED) is 0.421. The van der Waals surface area contributed by atoms with Gasteiger partial charge in [0.25, 0.3) is 0 Å². The third kappa shape index (κ3) is 3.28. The van der Waals surface area contributed by atoms with Gasteiger partial charge < -0.3 is 22.3 Å². The van der Waals surface area contributed by atoms with Gasteiger partial charge in [-0.1, -0.05) is 46.0 Å². The van der Waals surface area contributed by atoms with Crippen LogP contribution < -0.4 is 0 Å². The summed E-state index contributed by atoms with van der Waals surface area (Å²) in [5.74, 6) is 0.733. The van der Waals surface area contributed by atoms with Crippen molar-refractivity contribution in [2.45, 2.75) is 40.0 Å². The van der Waals surface area contributed by atoms with E-state index in [1.807, 2.05) is 0 Å². The van der Waals surface area contributed by atoms with Crippen molar-refractivity contribution in [2.24, 2.45) is 5.92 Å². The van der Waals surface area contributed by atoms with Gasteiger partial charge in [-0.25, -0.2) is 0 Å². The van der Waals surface area contributed by atoms with E-state index in [1.54, 1.807) is 22.3 Å². The van der Waals surface area contributed by atoms with Crippen LogP contribution in [0.4, 0.5) is 0 Å². The summed E-state index contributed by atoms with van der Waals surface area (Å²) in [5.41, 5.74) is 6.44. The van der Waals surface area contributed by atoms with Crippen molar-refractivity contribution in [2.75, 3.05) is 0 Å². The van der Waals surface area contributed by atoms with Crippen LogP contribution in [-0.2, 0) is 21.7 Å². The molecule has 0 saturated heterocycles. The van der Waals surface area contributed by atoms with Gasteiger partial charge in [-0.3, -0.25) is 0 Å². The smallest absolute Gasteiger partial charge is 0.358 e. The van der Waals surface area contributed by atoms with Crippen molar-refractivity contribution in [3.05, 3.63) is 51.0 Å². The second kappa shape index (κ2) is 8.20. The SMILES string of the molecule is CC1=C(C)C(C)C2=C1[CH-]CCC2.[CH3-].[CH3-].[CH3-].[Ti+4]. The Morgan fingerprint density at radius 2 is 1.69 bits per heavy atom. The summed E-state index contributed by atoms with van der Waals surface area (Å²) in [6, 6.07) is 0. The minimum Gasteiger partial charge on any atom is -0.358 e. The molecule has 0 nitrogen and oxygen atoms in total. The fraction of sp³-hybridized carbons (Fsp3) is 0.467. The first kappa shape index (κ1) is 21.4. The molecule has 0 aromatic heterocycles. The van der Waals surface area contributed by atoms with Crippen LogP contribution in [-0.4, -0.2) is 0 Å². The van der Waals surface area contributed by atoms with Gasteiger partial charge in [0, 0.05) is 0 Å². The van der Waals surface area contributed by atoms with Gasteiger partial charge in [-0.2, -0.15) is 23.1 Å². The molecule has 0 radical (unpaired) electrons. The molecule has 0 amide bonds. The Hall–Kier alpha value is 0.0643. The predicted molar refractivity (Wildman–Crippen MR) is 72.0 cm³/mol. The predicted octanol–water partition coefficient (Wildman–Crippen LogP) is 5.01. The largest absolute Gasteiger partial charge is 4.00 e. The van der Waals surface area contributed by atoms with E-state index >= 15 is 0 Å². The van der Waals surface area contributed by atoms with Crippen molar-refractivity contribution in [1.29, 1.82) is 0 Å². The van der Waals surface area contributed by atoms with E-state index in [4.69, 9.17) is 0 Å². The third-order valence-electron chi connectivity index (χ3n) is 3.51. The topological polar surface area (TPSA) is 0 Å². The number of allylic oxidation sites excluding steroid dienone is 4. The number of hydrogen-bond acceptors (Lipinski definition) is 0. The Morgan fingerprint density at radius 3 is 2.19 bits per heavy atom. The molecule has 0 aliphatic heterocycles. The maximum absolute atomic E-state index is 2.43. The molecule has 0 heterocycles. The molecule has 2 rings (SSSR count). The van der Waals surface area contributed by atoms with E-state index < -0.39 is 0 Å². The summed E-state index contributed by atoms with van der Waals surface area (Å²) in [6.45, 7) is 6.91. The van der Waals surface area contributed by atoms with Gasteiger partial charge >= 0.3 is 21.7 Å². The monoisotopic (exact) mass is 254 g/mol. The van der Waals surface area contributed by atoms with Gasteiger partial charge in [-0.05, 0) is 0 Å². The fourth-order valence-corrected chi connectivity index (χ4v) is 2.45. The van der Waals surface area contributed by atoms with Crippen molar-refractivity contribution in [3.8, 4) is 0 Å². The van der Waals surface area contributed by atoms with Gasteiger partial charge in [0.15, 0.2) is 0 Å². The molecule has 0 N–H and O–H groups in total. The molecule has 0 bridgehead atoms. The van der Waals surface area contributed by atoms with Crippen LogP contribution in [0.1, 0.15) is 40.0 Å². The fourth-order valence-electron chi connectivity index (χ4n) is 2.45. The zero-order valence-electron chi connectivity index (χ0n) is 11.8. The summed E-state index contributed by atoms with van der Waals surface area (Å²) in [6.07, 6.45) is 6.42. The summed E-state index contributed by atoms with van der Waals surface area (Å²) in [5, 5.41) is 0. The Morgan fingerprint density at radius 1 is 1.12 bits per heavy atom. The maximum Gasteiger partial charge on any atom is 4.00 e. The van der Waals surface area contributed by atoms with Crippen molar-refractivity contribution in [1.82, 2.24) is 0 Å². The summed E-state index contributed by atoms with van der Waals surface area (Å²) in [7, 11) is 0. The summed E-state index contributed by atoms with van der Waals surface area (Å²) < 4.78 is 0. The Balaban J connectivity index is -0.000000422. The molecule has 1 unspecified atom stereocenters. The minimum absolute atomic E-state index is 0. The average Bonchev–Trinajstić information content (AvgIpc) is 2.33. The Labute approximate surface area is 118 Å². The van der Waals surface area contributed by atoms with Crippen molar-refractivity contribution >= 4 is 0 Å². The Kier molecular flexibility index (Phi) is 10.9. The van der Waals surface area contributed by atoms with E-state index in [0.29, 0.717) is 0 Å². The van der Waals surface area contributed by atoms with Crippen LogP contribution in [0.3, 0.4) is 0 Å². The summed E-state index contributed by atoms with van der Waals surface area (Å²) in [4.78, 5) is 0. The van der Waals surface area contributed by atoms with E-state index in [-0.39, 0.29) is 44.0 Å². The van der Waals surface area contributed by atoms with Gasteiger partial charge in [-0.15, -0.1) is 5.57 Å². The van der Waals surface area contributed by atoms with Gasteiger partial charge in [0.1, 0.15) is 0 Å². The zero-order chi connectivity index (χ0) is 8.72. The van der Waals surface area contributed by atoms with Crippen LogP contribution >= 0.6 is 0 Å². The molecule has 1 heteroatoms. The second-order valence-electron chi connectivity index (χ2n) is 4.06. The molecule has 0 aromatic rings. The summed E-state index contributed by atoms with van der Waals surface area (Å²) >= 11 is 0. The third-order valence-corrected chi connectivity index (χ3v) is 3.51. The first-order chi connectivity index (χ1) is 5.72. The first-order valence-corrected chi connectivity index (χ1v) is 4.96. The number of rotatable bonds is 0. The van der Waals surface area contributed by atoms with E-state index in [0.717, 1.165) is 5.92 Å².